The predicted octanol–water partition coefficient (Wildman–Crippen LogP) is 3.93. The Bertz CT molecular complexity index is 849. The molecule has 162 valence electrons. The van der Waals surface area contributed by atoms with Crippen LogP contribution in [-0.4, -0.2) is 35.6 Å². The minimum absolute atomic E-state index is 0.336. The number of ether oxygens (including phenoxy) is 1. The molecule has 0 aliphatic heterocycles. The van der Waals surface area contributed by atoms with Crippen LogP contribution in [0.1, 0.15) is 42.4 Å². The summed E-state index contributed by atoms with van der Waals surface area (Å²) < 4.78 is 18.6. The van der Waals surface area contributed by atoms with Crippen molar-refractivity contribution in [1.29, 1.82) is 0 Å². The van der Waals surface area contributed by atoms with Crippen LogP contribution in [0.2, 0.25) is 0 Å². The molecule has 0 heterocycles. The van der Waals surface area contributed by atoms with E-state index in [9.17, 15) is 4.21 Å². The summed E-state index contributed by atoms with van der Waals surface area (Å²) in [5.74, 6) is 2.84. The third-order valence-corrected chi connectivity index (χ3v) is 6.60. The van der Waals surface area contributed by atoms with Gasteiger partial charge in [-0.3, -0.25) is 9.20 Å². The second-order valence-electron chi connectivity index (χ2n) is 7.76. The van der Waals surface area contributed by atoms with E-state index in [-0.39, 0.29) is 0 Å². The lowest BCUT2D eigenvalue weighted by atomic mass is 10.1. The molecule has 5 nitrogen and oxygen atoms in total. The number of aryl methyl sites for hydroxylation is 1. The van der Waals surface area contributed by atoms with Gasteiger partial charge >= 0.3 is 0 Å². The molecule has 2 aromatic rings. The Morgan fingerprint density at radius 3 is 2.63 bits per heavy atom. The normalized spacial score (nSPS) is 15.7. The van der Waals surface area contributed by atoms with Crippen LogP contribution in [-0.2, 0) is 23.1 Å². The number of benzene rings is 2. The van der Waals surface area contributed by atoms with Crippen LogP contribution in [0.15, 0.2) is 53.5 Å². The summed E-state index contributed by atoms with van der Waals surface area (Å²) in [6.45, 7) is 3.34. The molecular weight excluding hydrogens is 394 g/mol. The summed E-state index contributed by atoms with van der Waals surface area (Å²) in [4.78, 5) is 4.29. The molecule has 30 heavy (non-hydrogen) atoms. The fourth-order valence-electron chi connectivity index (χ4n) is 3.62. The molecule has 1 unspecified atom stereocenters. The van der Waals surface area contributed by atoms with Crippen LogP contribution < -0.4 is 15.4 Å². The molecule has 0 radical (unpaired) electrons. The quantitative estimate of drug-likeness (QED) is 0.470. The van der Waals surface area contributed by atoms with Gasteiger partial charge in [-0.25, -0.2) is 0 Å². The number of nitrogens with zero attached hydrogens (tertiary/aromatic N) is 1. The van der Waals surface area contributed by atoms with Crippen LogP contribution in [0.4, 0.5) is 0 Å². The standard InChI is InChI=1S/C24H33N3O2S/c1-19-12-13-21(23(16-19)29-22-10-6-7-11-22)17-27-24(25-2)26-14-15-30(28)18-20-8-4-3-5-9-20/h3-5,8-9,12-13,16,22H,6-7,10-11,14-15,17-18H2,1-2H3,(H2,25,26,27). The first kappa shape index (κ1) is 22.3. The zero-order valence-electron chi connectivity index (χ0n) is 18.0. The number of hydrogen-bond donors (Lipinski definition) is 2. The fourth-order valence-corrected chi connectivity index (χ4v) is 4.66. The van der Waals surface area contributed by atoms with Gasteiger partial charge in [0.2, 0.25) is 0 Å². The molecule has 6 heteroatoms. The number of rotatable bonds is 9. The number of hydrogen-bond acceptors (Lipinski definition) is 3. The highest BCUT2D eigenvalue weighted by Gasteiger charge is 2.18. The van der Waals surface area contributed by atoms with Crippen molar-refractivity contribution < 1.29 is 8.95 Å². The molecule has 1 fully saturated rings. The highest BCUT2D eigenvalue weighted by atomic mass is 32.2. The summed E-state index contributed by atoms with van der Waals surface area (Å²) in [6, 6.07) is 16.3. The average molecular weight is 428 g/mol. The Kier molecular flexibility index (Phi) is 8.75. The van der Waals surface area contributed by atoms with Crippen molar-refractivity contribution in [2.24, 2.45) is 4.99 Å². The van der Waals surface area contributed by atoms with Gasteiger partial charge in [-0.15, -0.1) is 0 Å². The average Bonchev–Trinajstić information content (AvgIpc) is 3.25. The second kappa shape index (κ2) is 11.7. The van der Waals surface area contributed by atoms with Gasteiger partial charge in [0, 0.05) is 48.0 Å². The lowest BCUT2D eigenvalue weighted by molar-refractivity contribution is 0.207. The Labute approximate surface area is 182 Å². The summed E-state index contributed by atoms with van der Waals surface area (Å²) in [5, 5.41) is 6.62. The van der Waals surface area contributed by atoms with Crippen molar-refractivity contribution in [3.63, 3.8) is 0 Å². The van der Waals surface area contributed by atoms with Gasteiger partial charge in [-0.05, 0) is 49.8 Å². The summed E-state index contributed by atoms with van der Waals surface area (Å²) in [7, 11) is 0.847. The summed E-state index contributed by atoms with van der Waals surface area (Å²) in [6.07, 6.45) is 5.13. The second-order valence-corrected chi connectivity index (χ2v) is 9.34. The van der Waals surface area contributed by atoms with Crippen LogP contribution in [0.3, 0.4) is 0 Å². The lowest BCUT2D eigenvalue weighted by Crippen LogP contribution is -2.38. The molecule has 3 rings (SSSR count). The topological polar surface area (TPSA) is 62.7 Å². The maximum atomic E-state index is 12.3. The molecule has 2 aromatic carbocycles. The van der Waals surface area contributed by atoms with Crippen molar-refractivity contribution in [1.82, 2.24) is 10.6 Å². The van der Waals surface area contributed by atoms with Gasteiger partial charge in [0.15, 0.2) is 5.96 Å². The fraction of sp³-hybridized carbons (Fsp3) is 0.458. The molecule has 0 amide bonds. The van der Waals surface area contributed by atoms with Crippen molar-refractivity contribution in [3.05, 3.63) is 65.2 Å². The molecule has 1 aliphatic rings. The van der Waals surface area contributed by atoms with E-state index in [2.05, 4.69) is 40.7 Å². The summed E-state index contributed by atoms with van der Waals surface area (Å²) >= 11 is 0. The number of aliphatic imine (C=N–C) groups is 1. The van der Waals surface area contributed by atoms with E-state index >= 15 is 0 Å². The third-order valence-electron chi connectivity index (χ3n) is 5.28. The van der Waals surface area contributed by atoms with Gasteiger partial charge in [0.05, 0.1) is 6.10 Å². The van der Waals surface area contributed by atoms with Crippen molar-refractivity contribution >= 4 is 16.8 Å². The van der Waals surface area contributed by atoms with Crippen LogP contribution in [0.5, 0.6) is 5.75 Å². The maximum absolute atomic E-state index is 12.3. The largest absolute Gasteiger partial charge is 0.490 e. The van der Waals surface area contributed by atoms with Crippen LogP contribution >= 0.6 is 0 Å². The highest BCUT2D eigenvalue weighted by Crippen LogP contribution is 2.27. The molecular formula is C24H33N3O2S. The van der Waals surface area contributed by atoms with E-state index in [4.69, 9.17) is 4.74 Å². The molecule has 0 aromatic heterocycles. The molecule has 1 atom stereocenters. The van der Waals surface area contributed by atoms with Crippen molar-refractivity contribution in [2.75, 3.05) is 19.3 Å². The third kappa shape index (κ3) is 7.17. The zero-order chi connectivity index (χ0) is 21.2. The first-order valence-electron chi connectivity index (χ1n) is 10.7. The summed E-state index contributed by atoms with van der Waals surface area (Å²) in [5.41, 5.74) is 3.44. The first-order chi connectivity index (χ1) is 14.6. The number of nitrogens with one attached hydrogen (secondary N) is 2. The van der Waals surface area contributed by atoms with Crippen LogP contribution in [0.25, 0.3) is 0 Å². The Morgan fingerprint density at radius 2 is 1.90 bits per heavy atom. The van der Waals surface area contributed by atoms with E-state index in [1.165, 1.54) is 18.4 Å². The number of guanidine groups is 1. The van der Waals surface area contributed by atoms with Gasteiger partial charge in [0.25, 0.3) is 0 Å². The first-order valence-corrected chi connectivity index (χ1v) is 12.2. The van der Waals surface area contributed by atoms with Crippen molar-refractivity contribution in [2.45, 2.75) is 51.0 Å². The van der Waals surface area contributed by atoms with E-state index < -0.39 is 10.8 Å². The highest BCUT2D eigenvalue weighted by molar-refractivity contribution is 7.84. The predicted molar refractivity (Wildman–Crippen MR) is 125 cm³/mol. The molecule has 0 saturated heterocycles. The van der Waals surface area contributed by atoms with Crippen LogP contribution in [0, 0.1) is 6.92 Å². The van der Waals surface area contributed by atoms with E-state index in [0.29, 0.717) is 36.7 Å². The van der Waals surface area contributed by atoms with Gasteiger partial charge < -0.3 is 15.4 Å². The molecule has 0 spiro atoms. The SMILES string of the molecule is CN=C(NCCS(=O)Cc1ccccc1)NCc1ccc(C)cc1OC1CCCC1. The smallest absolute Gasteiger partial charge is 0.191 e. The van der Waals surface area contributed by atoms with E-state index in [0.717, 1.165) is 29.7 Å². The lowest BCUT2D eigenvalue weighted by Gasteiger charge is -2.18. The maximum Gasteiger partial charge on any atom is 0.191 e. The Balaban J connectivity index is 1.46. The zero-order valence-corrected chi connectivity index (χ0v) is 18.8. The van der Waals surface area contributed by atoms with Gasteiger partial charge in [0.1, 0.15) is 5.75 Å². The van der Waals surface area contributed by atoms with Gasteiger partial charge in [-0.2, -0.15) is 0 Å². The monoisotopic (exact) mass is 427 g/mol. The molecule has 1 saturated carbocycles. The Morgan fingerprint density at radius 1 is 1.13 bits per heavy atom. The van der Waals surface area contributed by atoms with Crippen molar-refractivity contribution in [3.8, 4) is 5.75 Å². The van der Waals surface area contributed by atoms with Gasteiger partial charge in [-0.1, -0.05) is 42.5 Å². The Hall–Kier alpha value is -2.34. The molecule has 1 aliphatic carbocycles. The van der Waals surface area contributed by atoms with E-state index in [1.54, 1.807) is 7.05 Å². The molecule has 0 bridgehead atoms. The molecule has 2 N–H and O–H groups in total. The minimum atomic E-state index is -0.904. The van der Waals surface area contributed by atoms with E-state index in [1.807, 2.05) is 30.3 Å². The minimum Gasteiger partial charge on any atom is -0.490 e.